The number of hydrogen-bond donors (Lipinski definition) is 1. The molecule has 3 fully saturated rings. The molecule has 4 unspecified atom stereocenters. The second kappa shape index (κ2) is 4.57. The first kappa shape index (κ1) is 13.6. The Morgan fingerprint density at radius 3 is 2.15 bits per heavy atom. The van der Waals surface area contributed by atoms with Gasteiger partial charge in [0.25, 0.3) is 0 Å². The summed E-state index contributed by atoms with van der Waals surface area (Å²) >= 11 is 0. The Balaban J connectivity index is 1.92. The van der Waals surface area contributed by atoms with E-state index in [0.717, 1.165) is 32.1 Å². The van der Waals surface area contributed by atoms with Crippen LogP contribution in [-0.4, -0.2) is 33.8 Å². The van der Waals surface area contributed by atoms with Crippen molar-refractivity contribution in [2.24, 2.45) is 17.3 Å². The number of nitrogens with zero attached hydrogens (tertiary/aromatic N) is 1. The molecule has 0 spiro atoms. The van der Waals surface area contributed by atoms with Crippen molar-refractivity contribution in [1.29, 1.82) is 0 Å². The van der Waals surface area contributed by atoms with Gasteiger partial charge in [0.1, 0.15) is 0 Å². The predicted octanol–water partition coefficient (Wildman–Crippen LogP) is 1.80. The molecule has 2 amide bonds. The van der Waals surface area contributed by atoms with Gasteiger partial charge >= 0.3 is 5.97 Å². The lowest BCUT2D eigenvalue weighted by atomic mass is 9.81. The standard InChI is InChI=1S/C15H21NO4/c1-15(14(19)20)8-4-7-11(15)16-12(17)9-5-2-3-6-10(9)13(16)18/h9-11H,2-8H2,1H3,(H,19,20). The lowest BCUT2D eigenvalue weighted by Crippen LogP contribution is -2.50. The van der Waals surface area contributed by atoms with Crippen molar-refractivity contribution < 1.29 is 19.5 Å². The number of carbonyl (C=O) groups excluding carboxylic acids is 2. The molecular formula is C15H21NO4. The van der Waals surface area contributed by atoms with E-state index in [1.807, 2.05) is 0 Å². The van der Waals surface area contributed by atoms with Gasteiger partial charge in [-0.05, 0) is 32.6 Å². The second-order valence-corrected chi connectivity index (χ2v) is 6.67. The molecule has 0 aromatic carbocycles. The highest BCUT2D eigenvalue weighted by Crippen LogP contribution is 2.47. The molecule has 5 heteroatoms. The molecule has 4 atom stereocenters. The zero-order valence-electron chi connectivity index (χ0n) is 11.8. The maximum atomic E-state index is 12.6. The first-order valence-corrected chi connectivity index (χ1v) is 7.57. The molecule has 0 bridgehead atoms. The SMILES string of the molecule is CC1(C(=O)O)CCCC1N1C(=O)C2CCCCC2C1=O. The summed E-state index contributed by atoms with van der Waals surface area (Å²) in [5.41, 5.74) is -0.973. The molecule has 1 N–H and O–H groups in total. The molecular weight excluding hydrogens is 258 g/mol. The fourth-order valence-electron chi connectivity index (χ4n) is 4.31. The highest BCUT2D eigenvalue weighted by atomic mass is 16.4. The number of carboxylic acids is 1. The van der Waals surface area contributed by atoms with Gasteiger partial charge < -0.3 is 5.11 Å². The number of rotatable bonds is 2. The third-order valence-electron chi connectivity index (χ3n) is 5.58. The Kier molecular flexibility index (Phi) is 3.10. The molecule has 3 aliphatic rings. The quantitative estimate of drug-likeness (QED) is 0.782. The van der Waals surface area contributed by atoms with Crippen molar-refractivity contribution in [3.63, 3.8) is 0 Å². The van der Waals surface area contributed by atoms with Crippen LogP contribution in [0.25, 0.3) is 0 Å². The number of aliphatic carboxylic acids is 1. The van der Waals surface area contributed by atoms with E-state index in [1.165, 1.54) is 4.90 Å². The molecule has 0 aromatic heterocycles. The summed E-state index contributed by atoms with van der Waals surface area (Å²) in [5, 5.41) is 9.49. The predicted molar refractivity (Wildman–Crippen MR) is 70.7 cm³/mol. The Morgan fingerprint density at radius 2 is 1.65 bits per heavy atom. The number of hydrogen-bond acceptors (Lipinski definition) is 3. The van der Waals surface area contributed by atoms with Crippen LogP contribution in [-0.2, 0) is 14.4 Å². The normalized spacial score (nSPS) is 41.0. The van der Waals surface area contributed by atoms with Gasteiger partial charge in [0.2, 0.25) is 11.8 Å². The Labute approximate surface area is 118 Å². The monoisotopic (exact) mass is 279 g/mol. The van der Waals surface area contributed by atoms with Crippen LogP contribution < -0.4 is 0 Å². The summed E-state index contributed by atoms with van der Waals surface area (Å²) < 4.78 is 0. The van der Waals surface area contributed by atoms with Crippen LogP contribution in [0.4, 0.5) is 0 Å². The summed E-state index contributed by atoms with van der Waals surface area (Å²) in [7, 11) is 0. The molecule has 0 aromatic rings. The van der Waals surface area contributed by atoms with Gasteiger partial charge in [-0.3, -0.25) is 19.3 Å². The summed E-state index contributed by atoms with van der Waals surface area (Å²) in [4.78, 5) is 38.0. The van der Waals surface area contributed by atoms with Gasteiger partial charge in [-0.1, -0.05) is 19.3 Å². The van der Waals surface area contributed by atoms with Gasteiger partial charge in [-0.2, -0.15) is 0 Å². The molecule has 1 aliphatic heterocycles. The van der Waals surface area contributed by atoms with Crippen LogP contribution in [0.2, 0.25) is 0 Å². The fourth-order valence-corrected chi connectivity index (χ4v) is 4.31. The zero-order chi connectivity index (χ0) is 14.5. The van der Waals surface area contributed by atoms with Crippen molar-refractivity contribution in [3.05, 3.63) is 0 Å². The molecule has 110 valence electrons. The average Bonchev–Trinajstić information content (AvgIpc) is 2.92. The van der Waals surface area contributed by atoms with Gasteiger partial charge in [0, 0.05) is 0 Å². The lowest BCUT2D eigenvalue weighted by Gasteiger charge is -2.33. The van der Waals surface area contributed by atoms with E-state index in [1.54, 1.807) is 6.92 Å². The fraction of sp³-hybridized carbons (Fsp3) is 0.800. The minimum atomic E-state index is -0.973. The number of fused-ring (bicyclic) bond motifs is 1. The van der Waals surface area contributed by atoms with Crippen molar-refractivity contribution in [3.8, 4) is 0 Å². The molecule has 20 heavy (non-hydrogen) atoms. The van der Waals surface area contributed by atoms with Crippen LogP contribution in [0, 0.1) is 17.3 Å². The topological polar surface area (TPSA) is 74.7 Å². The third kappa shape index (κ3) is 1.71. The van der Waals surface area contributed by atoms with Crippen LogP contribution in [0.15, 0.2) is 0 Å². The number of likely N-dealkylation sites (tertiary alicyclic amines) is 1. The van der Waals surface area contributed by atoms with Crippen molar-refractivity contribution in [2.75, 3.05) is 0 Å². The van der Waals surface area contributed by atoms with Crippen molar-refractivity contribution in [2.45, 2.75) is 57.9 Å². The maximum absolute atomic E-state index is 12.6. The minimum absolute atomic E-state index is 0.112. The molecule has 1 saturated heterocycles. The molecule has 5 nitrogen and oxygen atoms in total. The number of imide groups is 1. The Morgan fingerprint density at radius 1 is 1.10 bits per heavy atom. The van der Waals surface area contributed by atoms with Crippen LogP contribution in [0.3, 0.4) is 0 Å². The summed E-state index contributed by atoms with van der Waals surface area (Å²) in [6.07, 6.45) is 5.48. The Hall–Kier alpha value is -1.39. The van der Waals surface area contributed by atoms with E-state index in [-0.39, 0.29) is 23.7 Å². The third-order valence-corrected chi connectivity index (χ3v) is 5.58. The summed E-state index contributed by atoms with van der Waals surface area (Å²) in [6, 6.07) is -0.453. The average molecular weight is 279 g/mol. The molecule has 1 heterocycles. The smallest absolute Gasteiger partial charge is 0.311 e. The van der Waals surface area contributed by atoms with E-state index >= 15 is 0 Å². The summed E-state index contributed by atoms with van der Waals surface area (Å²) in [5.74, 6) is -1.49. The lowest BCUT2D eigenvalue weighted by molar-refractivity contribution is -0.155. The number of amides is 2. The maximum Gasteiger partial charge on any atom is 0.311 e. The number of carboxylic acid groups (broad SMARTS) is 1. The van der Waals surface area contributed by atoms with Gasteiger partial charge in [-0.25, -0.2) is 0 Å². The van der Waals surface area contributed by atoms with Gasteiger partial charge in [0.05, 0.1) is 23.3 Å². The van der Waals surface area contributed by atoms with E-state index in [0.29, 0.717) is 12.8 Å². The minimum Gasteiger partial charge on any atom is -0.481 e. The van der Waals surface area contributed by atoms with Gasteiger partial charge in [0.15, 0.2) is 0 Å². The van der Waals surface area contributed by atoms with Crippen LogP contribution >= 0.6 is 0 Å². The molecule has 3 rings (SSSR count). The number of carbonyl (C=O) groups is 3. The van der Waals surface area contributed by atoms with Crippen molar-refractivity contribution in [1.82, 2.24) is 4.90 Å². The van der Waals surface area contributed by atoms with E-state index < -0.39 is 17.4 Å². The van der Waals surface area contributed by atoms with Crippen molar-refractivity contribution >= 4 is 17.8 Å². The van der Waals surface area contributed by atoms with E-state index in [4.69, 9.17) is 0 Å². The molecule has 0 radical (unpaired) electrons. The van der Waals surface area contributed by atoms with Crippen LogP contribution in [0.1, 0.15) is 51.9 Å². The second-order valence-electron chi connectivity index (χ2n) is 6.67. The highest BCUT2D eigenvalue weighted by Gasteiger charge is 2.57. The Bertz CT molecular complexity index is 450. The first-order valence-electron chi connectivity index (χ1n) is 7.57. The first-order chi connectivity index (χ1) is 9.47. The highest BCUT2D eigenvalue weighted by molar-refractivity contribution is 6.06. The largest absolute Gasteiger partial charge is 0.481 e. The summed E-state index contributed by atoms with van der Waals surface area (Å²) in [6.45, 7) is 1.68. The molecule has 2 aliphatic carbocycles. The van der Waals surface area contributed by atoms with E-state index in [2.05, 4.69) is 0 Å². The van der Waals surface area contributed by atoms with Crippen LogP contribution in [0.5, 0.6) is 0 Å². The zero-order valence-corrected chi connectivity index (χ0v) is 11.8. The molecule has 2 saturated carbocycles. The van der Waals surface area contributed by atoms with Gasteiger partial charge in [-0.15, -0.1) is 0 Å². The van der Waals surface area contributed by atoms with E-state index in [9.17, 15) is 19.5 Å².